The van der Waals surface area contributed by atoms with Crippen LogP contribution in [0.15, 0.2) is 5.22 Å². The van der Waals surface area contributed by atoms with Crippen molar-refractivity contribution in [3.8, 4) is 0 Å². The molecule has 0 aromatic heterocycles. The second-order valence-corrected chi connectivity index (χ2v) is 1.34. The molecular weight excluding hydrogens is 110 g/mol. The Labute approximate surface area is 45.7 Å². The lowest BCUT2D eigenvalue weighted by Gasteiger charge is -1.97. The molecule has 5 nitrogen and oxygen atoms in total. The fraction of sp³-hybridized carbons (Fsp3) is 0.667. The van der Waals surface area contributed by atoms with Crippen molar-refractivity contribution in [3.63, 3.8) is 0 Å². The van der Waals surface area contributed by atoms with E-state index in [-0.39, 0.29) is 0 Å². The average Bonchev–Trinajstić information content (AvgIpc) is 2.14. The maximum absolute atomic E-state index is 10.3. The smallest absolute Gasteiger partial charge is 0.431 e. The van der Waals surface area contributed by atoms with Crippen LogP contribution in [0.3, 0.4) is 0 Å². The zero-order valence-corrected chi connectivity index (χ0v) is 4.13. The van der Waals surface area contributed by atoms with Gasteiger partial charge in [-0.15, -0.1) is 0 Å². The second-order valence-electron chi connectivity index (χ2n) is 1.34. The predicted octanol–water partition coefficient (Wildman–Crippen LogP) is 0.385. The zero-order chi connectivity index (χ0) is 5.98. The minimum atomic E-state index is -0.528. The van der Waals surface area contributed by atoms with Crippen LogP contribution in [0.25, 0.3) is 0 Å². The molecule has 0 aliphatic carbocycles. The maximum Gasteiger partial charge on any atom is 0.431 e. The van der Waals surface area contributed by atoms with Gasteiger partial charge >= 0.3 is 6.09 Å². The van der Waals surface area contributed by atoms with E-state index in [1.54, 1.807) is 0 Å². The lowest BCUT2D eigenvalue weighted by molar-refractivity contribution is 0.157. The lowest BCUT2D eigenvalue weighted by Crippen LogP contribution is -2.15. The summed E-state index contributed by atoms with van der Waals surface area (Å²) in [7, 11) is 0. The van der Waals surface area contributed by atoms with Crippen LogP contribution >= 0.6 is 0 Å². The van der Waals surface area contributed by atoms with Gasteiger partial charge in [-0.1, -0.05) is 5.22 Å². The Balaban J connectivity index is 2.54. The fourth-order valence-electron chi connectivity index (χ4n) is 0.476. The molecule has 1 N–H and O–H groups in total. The number of hydrogen-bond acceptors (Lipinski definition) is 4. The first kappa shape index (κ1) is 5.02. The largest absolute Gasteiger partial charge is 0.446 e. The van der Waals surface area contributed by atoms with Gasteiger partial charge in [0.15, 0.2) is 0 Å². The Morgan fingerprint density at radius 2 is 2.62 bits per heavy atom. The van der Waals surface area contributed by atoms with Crippen molar-refractivity contribution in [2.45, 2.75) is 0 Å². The third kappa shape index (κ3) is 0.617. The highest BCUT2D eigenvalue weighted by Crippen LogP contribution is 2.01. The highest BCUT2D eigenvalue weighted by Gasteiger charge is 2.20. The predicted molar refractivity (Wildman–Crippen MR) is 23.2 cm³/mol. The molecule has 0 atom stereocenters. The third-order valence-electron chi connectivity index (χ3n) is 0.860. The zero-order valence-electron chi connectivity index (χ0n) is 4.13. The first-order chi connectivity index (χ1) is 3.84. The molecule has 0 aromatic carbocycles. The quantitative estimate of drug-likeness (QED) is 0.502. The molecule has 0 saturated carbocycles. The minimum absolute atomic E-state index is 0.348. The minimum Gasteiger partial charge on any atom is -0.446 e. The van der Waals surface area contributed by atoms with E-state index in [2.05, 4.69) is 9.96 Å². The van der Waals surface area contributed by atoms with Crippen molar-refractivity contribution in [2.24, 2.45) is 5.22 Å². The Morgan fingerprint density at radius 1 is 1.88 bits per heavy atom. The number of nitrogens with zero attached hydrogens (tertiary/aromatic N) is 2. The Morgan fingerprint density at radius 3 is 2.88 bits per heavy atom. The molecule has 1 saturated heterocycles. The van der Waals surface area contributed by atoms with Crippen LogP contribution < -0.4 is 0 Å². The van der Waals surface area contributed by atoms with E-state index in [0.717, 1.165) is 5.01 Å². The summed E-state index contributed by atoms with van der Waals surface area (Å²) in [4.78, 5) is 10.3. The third-order valence-corrected chi connectivity index (χ3v) is 0.860. The van der Waals surface area contributed by atoms with Crippen molar-refractivity contribution in [1.29, 1.82) is 5.53 Å². The summed E-state index contributed by atoms with van der Waals surface area (Å²) in [6.45, 7) is 0.754. The molecule has 0 spiro atoms. The summed E-state index contributed by atoms with van der Waals surface area (Å²) in [5, 5.41) is 3.84. The molecule has 1 heterocycles. The van der Waals surface area contributed by atoms with E-state index >= 15 is 0 Å². The van der Waals surface area contributed by atoms with E-state index in [1.807, 2.05) is 0 Å². The van der Waals surface area contributed by atoms with Crippen LogP contribution in [0.2, 0.25) is 0 Å². The Bertz CT molecular complexity index is 124. The molecule has 1 aliphatic rings. The van der Waals surface area contributed by atoms with E-state index in [4.69, 9.17) is 5.53 Å². The van der Waals surface area contributed by atoms with Crippen molar-refractivity contribution in [1.82, 2.24) is 5.01 Å². The summed E-state index contributed by atoms with van der Waals surface area (Å²) in [5.41, 5.74) is 6.38. The van der Waals surface area contributed by atoms with E-state index in [9.17, 15) is 4.79 Å². The monoisotopic (exact) mass is 115 g/mol. The first-order valence-corrected chi connectivity index (χ1v) is 2.16. The molecule has 0 unspecified atom stereocenters. The van der Waals surface area contributed by atoms with Crippen LogP contribution in [0.4, 0.5) is 4.79 Å². The van der Waals surface area contributed by atoms with Crippen molar-refractivity contribution in [2.75, 3.05) is 13.2 Å². The number of carbonyl (C=O) groups is 1. The standard InChI is InChI=1S/C3H5N3O2/c4-5-6-1-2-8-3(6)7/h4H,1-2H2. The van der Waals surface area contributed by atoms with Crippen LogP contribution in [-0.2, 0) is 4.74 Å². The molecule has 8 heavy (non-hydrogen) atoms. The normalized spacial score (nSPS) is 18.5. The average molecular weight is 115 g/mol. The summed E-state index contributed by atoms with van der Waals surface area (Å²) in [5.74, 6) is 0. The van der Waals surface area contributed by atoms with Crippen molar-refractivity contribution in [3.05, 3.63) is 0 Å². The van der Waals surface area contributed by atoms with Gasteiger partial charge < -0.3 is 4.74 Å². The molecule has 0 aromatic rings. The van der Waals surface area contributed by atoms with Crippen LogP contribution in [0.5, 0.6) is 0 Å². The van der Waals surface area contributed by atoms with Gasteiger partial charge in [0.25, 0.3) is 0 Å². The summed E-state index contributed by atoms with van der Waals surface area (Å²) in [6, 6.07) is 0. The fourth-order valence-corrected chi connectivity index (χ4v) is 0.476. The van der Waals surface area contributed by atoms with Crippen LogP contribution in [-0.4, -0.2) is 24.3 Å². The molecule has 5 heteroatoms. The summed E-state index contributed by atoms with van der Waals surface area (Å²) >= 11 is 0. The molecule has 1 rings (SSSR count). The molecule has 0 radical (unpaired) electrons. The number of cyclic esters (lactones) is 1. The van der Waals surface area contributed by atoms with E-state index in [0.29, 0.717) is 13.2 Å². The molecule has 1 amide bonds. The topological polar surface area (TPSA) is 65.8 Å². The summed E-state index contributed by atoms with van der Waals surface area (Å²) in [6.07, 6.45) is -0.528. The number of nitrogens with one attached hydrogen (secondary N) is 1. The van der Waals surface area contributed by atoms with Gasteiger partial charge in [0.2, 0.25) is 0 Å². The number of amides is 1. The van der Waals surface area contributed by atoms with Crippen LogP contribution in [0.1, 0.15) is 0 Å². The second kappa shape index (κ2) is 1.77. The van der Waals surface area contributed by atoms with E-state index < -0.39 is 6.09 Å². The van der Waals surface area contributed by atoms with Gasteiger partial charge in [-0.2, -0.15) is 10.5 Å². The Kier molecular flexibility index (Phi) is 1.11. The first-order valence-electron chi connectivity index (χ1n) is 2.16. The van der Waals surface area contributed by atoms with Gasteiger partial charge in [0.05, 0.1) is 6.54 Å². The molecule has 0 bridgehead atoms. The number of ether oxygens (including phenoxy) is 1. The Hall–Kier alpha value is -1.13. The molecule has 1 fully saturated rings. The van der Waals surface area contributed by atoms with Crippen LogP contribution in [0, 0.1) is 5.53 Å². The van der Waals surface area contributed by atoms with Gasteiger partial charge in [-0.25, -0.2) is 4.79 Å². The van der Waals surface area contributed by atoms with Gasteiger partial charge in [-0.05, 0) is 0 Å². The SMILES string of the molecule is N=NN1CCOC1=O. The number of rotatable bonds is 1. The van der Waals surface area contributed by atoms with E-state index in [1.165, 1.54) is 0 Å². The van der Waals surface area contributed by atoms with Gasteiger partial charge in [0, 0.05) is 0 Å². The molecular formula is C3H5N3O2. The number of hydrogen-bond donors (Lipinski definition) is 1. The lowest BCUT2D eigenvalue weighted by atomic mass is 10.7. The van der Waals surface area contributed by atoms with Crippen molar-refractivity contribution >= 4 is 6.09 Å². The highest BCUT2D eigenvalue weighted by molar-refractivity contribution is 5.68. The maximum atomic E-state index is 10.3. The molecule has 1 aliphatic heterocycles. The molecule has 44 valence electrons. The van der Waals surface area contributed by atoms with Gasteiger partial charge in [0.1, 0.15) is 6.61 Å². The highest BCUT2D eigenvalue weighted by atomic mass is 16.6. The summed E-state index contributed by atoms with van der Waals surface area (Å²) < 4.78 is 4.43. The number of carbonyl (C=O) groups excluding carboxylic acids is 1. The van der Waals surface area contributed by atoms with Gasteiger partial charge in [-0.3, -0.25) is 0 Å². The van der Waals surface area contributed by atoms with Crippen molar-refractivity contribution < 1.29 is 9.53 Å².